The summed E-state index contributed by atoms with van der Waals surface area (Å²) in [6.07, 6.45) is 0.478. The number of fused-ring (bicyclic) bond motifs is 1. The standard InChI is InChI=1S/C11H13ClN2O/c1-6-3-8(12)5-9-11(6)13-7(2)4-10(15)14-9/h3,5,7,13H,4H2,1-2H3,(H,14,15). The average Bonchev–Trinajstić information content (AvgIpc) is 2.22. The van der Waals surface area contributed by atoms with Crippen molar-refractivity contribution in [1.29, 1.82) is 0 Å². The highest BCUT2D eigenvalue weighted by Crippen LogP contribution is 2.32. The summed E-state index contributed by atoms with van der Waals surface area (Å²) >= 11 is 5.94. The molecule has 0 aromatic heterocycles. The number of carbonyl (C=O) groups excluding carboxylic acids is 1. The molecule has 1 atom stereocenters. The lowest BCUT2D eigenvalue weighted by Crippen LogP contribution is -2.19. The monoisotopic (exact) mass is 224 g/mol. The van der Waals surface area contributed by atoms with Crippen LogP contribution in [0.25, 0.3) is 0 Å². The molecular weight excluding hydrogens is 212 g/mol. The number of aryl methyl sites for hydroxylation is 1. The Hall–Kier alpha value is -1.22. The van der Waals surface area contributed by atoms with E-state index in [1.165, 1.54) is 0 Å². The highest BCUT2D eigenvalue weighted by molar-refractivity contribution is 6.31. The van der Waals surface area contributed by atoms with Gasteiger partial charge in [0.2, 0.25) is 5.91 Å². The number of halogens is 1. The summed E-state index contributed by atoms with van der Waals surface area (Å²) in [6, 6.07) is 3.80. The van der Waals surface area contributed by atoms with E-state index in [1.54, 1.807) is 6.07 Å². The minimum Gasteiger partial charge on any atom is -0.380 e. The molecule has 0 radical (unpaired) electrons. The highest BCUT2D eigenvalue weighted by Gasteiger charge is 2.19. The fourth-order valence-corrected chi connectivity index (χ4v) is 2.08. The Bertz CT molecular complexity index is 417. The number of rotatable bonds is 0. The lowest BCUT2D eigenvalue weighted by Gasteiger charge is -2.14. The van der Waals surface area contributed by atoms with Crippen molar-refractivity contribution in [2.24, 2.45) is 0 Å². The van der Waals surface area contributed by atoms with Crippen molar-refractivity contribution < 1.29 is 4.79 Å². The van der Waals surface area contributed by atoms with Gasteiger partial charge < -0.3 is 10.6 Å². The minimum absolute atomic E-state index is 0.0235. The fourth-order valence-electron chi connectivity index (χ4n) is 1.81. The van der Waals surface area contributed by atoms with Crippen LogP contribution < -0.4 is 10.6 Å². The Labute approximate surface area is 93.8 Å². The molecule has 1 aliphatic heterocycles. The molecule has 2 rings (SSSR count). The molecule has 0 aliphatic carbocycles. The van der Waals surface area contributed by atoms with Crippen LogP contribution in [0.1, 0.15) is 18.9 Å². The van der Waals surface area contributed by atoms with Crippen molar-refractivity contribution in [3.63, 3.8) is 0 Å². The van der Waals surface area contributed by atoms with E-state index in [-0.39, 0.29) is 11.9 Å². The molecule has 3 nitrogen and oxygen atoms in total. The largest absolute Gasteiger partial charge is 0.380 e. The molecule has 0 saturated heterocycles. The van der Waals surface area contributed by atoms with Gasteiger partial charge in [0.1, 0.15) is 0 Å². The van der Waals surface area contributed by atoms with Gasteiger partial charge in [-0.25, -0.2) is 0 Å². The number of anilines is 2. The third kappa shape index (κ3) is 2.07. The second-order valence-corrected chi connectivity index (χ2v) is 4.38. The van der Waals surface area contributed by atoms with Crippen LogP contribution in [-0.4, -0.2) is 11.9 Å². The Balaban J connectivity index is 2.50. The molecule has 80 valence electrons. The quantitative estimate of drug-likeness (QED) is 0.712. The van der Waals surface area contributed by atoms with E-state index in [9.17, 15) is 4.79 Å². The van der Waals surface area contributed by atoms with Gasteiger partial charge in [-0.1, -0.05) is 11.6 Å². The summed E-state index contributed by atoms with van der Waals surface area (Å²) in [5.74, 6) is 0.0235. The molecule has 0 fully saturated rings. The Kier molecular flexibility index (Phi) is 2.57. The average molecular weight is 225 g/mol. The van der Waals surface area contributed by atoms with Gasteiger partial charge in [0.05, 0.1) is 11.4 Å². The number of hydrogen-bond donors (Lipinski definition) is 2. The van der Waals surface area contributed by atoms with Crippen LogP contribution in [0.4, 0.5) is 11.4 Å². The highest BCUT2D eigenvalue weighted by atomic mass is 35.5. The van der Waals surface area contributed by atoms with Crippen LogP contribution in [0.2, 0.25) is 5.02 Å². The van der Waals surface area contributed by atoms with Crippen LogP contribution in [-0.2, 0) is 4.79 Å². The maximum absolute atomic E-state index is 11.5. The zero-order valence-corrected chi connectivity index (χ0v) is 9.48. The van der Waals surface area contributed by atoms with Gasteiger partial charge in [-0.05, 0) is 31.5 Å². The van der Waals surface area contributed by atoms with Crippen LogP contribution in [0.5, 0.6) is 0 Å². The van der Waals surface area contributed by atoms with Crippen molar-refractivity contribution in [1.82, 2.24) is 0 Å². The van der Waals surface area contributed by atoms with Gasteiger partial charge in [0, 0.05) is 17.5 Å². The predicted molar refractivity (Wildman–Crippen MR) is 62.5 cm³/mol. The Morgan fingerprint density at radius 1 is 1.47 bits per heavy atom. The van der Waals surface area contributed by atoms with Crippen LogP contribution in [0.3, 0.4) is 0 Å². The Morgan fingerprint density at radius 3 is 2.93 bits per heavy atom. The molecule has 1 unspecified atom stereocenters. The van der Waals surface area contributed by atoms with Gasteiger partial charge in [0.25, 0.3) is 0 Å². The maximum atomic E-state index is 11.5. The molecule has 0 saturated carbocycles. The van der Waals surface area contributed by atoms with E-state index in [0.29, 0.717) is 11.4 Å². The van der Waals surface area contributed by atoms with Gasteiger partial charge in [0.15, 0.2) is 0 Å². The van der Waals surface area contributed by atoms with Gasteiger partial charge in [-0.3, -0.25) is 4.79 Å². The lowest BCUT2D eigenvalue weighted by atomic mass is 10.1. The maximum Gasteiger partial charge on any atom is 0.226 e. The molecule has 0 bridgehead atoms. The van der Waals surface area contributed by atoms with E-state index < -0.39 is 0 Å². The van der Waals surface area contributed by atoms with Crippen LogP contribution >= 0.6 is 11.6 Å². The Morgan fingerprint density at radius 2 is 2.20 bits per heavy atom. The summed E-state index contributed by atoms with van der Waals surface area (Å²) in [5.41, 5.74) is 2.79. The normalized spacial score (nSPS) is 19.9. The van der Waals surface area contributed by atoms with Crippen LogP contribution in [0, 0.1) is 6.92 Å². The van der Waals surface area contributed by atoms with Gasteiger partial charge in [-0.2, -0.15) is 0 Å². The summed E-state index contributed by atoms with van der Waals surface area (Å²) in [4.78, 5) is 11.5. The second kappa shape index (κ2) is 3.74. The number of carbonyl (C=O) groups is 1. The van der Waals surface area contributed by atoms with Crippen molar-refractivity contribution in [3.05, 3.63) is 22.7 Å². The van der Waals surface area contributed by atoms with Crippen molar-refractivity contribution in [2.75, 3.05) is 10.6 Å². The zero-order chi connectivity index (χ0) is 11.0. The first-order valence-electron chi connectivity index (χ1n) is 4.93. The first kappa shape index (κ1) is 10.3. The first-order chi connectivity index (χ1) is 7.06. The summed E-state index contributed by atoms with van der Waals surface area (Å²) in [7, 11) is 0. The summed E-state index contributed by atoms with van der Waals surface area (Å²) in [6.45, 7) is 3.96. The number of nitrogens with one attached hydrogen (secondary N) is 2. The number of benzene rings is 1. The van der Waals surface area contributed by atoms with E-state index in [4.69, 9.17) is 11.6 Å². The molecule has 15 heavy (non-hydrogen) atoms. The van der Waals surface area contributed by atoms with Crippen molar-refractivity contribution >= 4 is 28.9 Å². The smallest absolute Gasteiger partial charge is 0.226 e. The molecule has 4 heteroatoms. The molecule has 1 amide bonds. The molecular formula is C11H13ClN2O. The van der Waals surface area contributed by atoms with Gasteiger partial charge >= 0.3 is 0 Å². The molecule has 2 N–H and O–H groups in total. The zero-order valence-electron chi connectivity index (χ0n) is 8.73. The number of amides is 1. The molecule has 0 spiro atoms. The predicted octanol–water partition coefficient (Wildman–Crippen LogP) is 2.79. The first-order valence-corrected chi connectivity index (χ1v) is 5.30. The molecule has 1 heterocycles. The van der Waals surface area contributed by atoms with Crippen molar-refractivity contribution in [3.8, 4) is 0 Å². The molecule has 1 aromatic carbocycles. The third-order valence-electron chi connectivity index (χ3n) is 2.46. The second-order valence-electron chi connectivity index (χ2n) is 3.94. The van der Waals surface area contributed by atoms with E-state index >= 15 is 0 Å². The third-order valence-corrected chi connectivity index (χ3v) is 2.67. The number of hydrogen-bond acceptors (Lipinski definition) is 2. The topological polar surface area (TPSA) is 41.1 Å². The lowest BCUT2D eigenvalue weighted by molar-refractivity contribution is -0.116. The fraction of sp³-hybridized carbons (Fsp3) is 0.364. The van der Waals surface area contributed by atoms with E-state index in [2.05, 4.69) is 10.6 Å². The van der Waals surface area contributed by atoms with Crippen LogP contribution in [0.15, 0.2) is 12.1 Å². The van der Waals surface area contributed by atoms with Crippen molar-refractivity contribution in [2.45, 2.75) is 26.3 Å². The van der Waals surface area contributed by atoms with E-state index in [0.717, 1.165) is 16.9 Å². The summed E-state index contributed by atoms with van der Waals surface area (Å²) < 4.78 is 0. The van der Waals surface area contributed by atoms with E-state index in [1.807, 2.05) is 19.9 Å². The summed E-state index contributed by atoms with van der Waals surface area (Å²) in [5, 5.41) is 6.80. The minimum atomic E-state index is 0.0235. The molecule has 1 aliphatic rings. The van der Waals surface area contributed by atoms with Gasteiger partial charge in [-0.15, -0.1) is 0 Å². The SMILES string of the molecule is Cc1cc(Cl)cc2c1NC(C)CC(=O)N2. The molecule has 1 aromatic rings.